The lowest BCUT2D eigenvalue weighted by Gasteiger charge is -2.18. The Bertz CT molecular complexity index is 1040. The van der Waals surface area contributed by atoms with Crippen LogP contribution in [0.4, 0.5) is 5.13 Å². The summed E-state index contributed by atoms with van der Waals surface area (Å²) in [5.41, 5.74) is 1.07. The lowest BCUT2D eigenvalue weighted by atomic mass is 9.90. The minimum absolute atomic E-state index is 0.121. The van der Waals surface area contributed by atoms with Crippen molar-refractivity contribution in [1.29, 1.82) is 0 Å². The first-order chi connectivity index (χ1) is 15.6. The zero-order valence-electron chi connectivity index (χ0n) is 18.4. The summed E-state index contributed by atoms with van der Waals surface area (Å²) in [6, 6.07) is 7.88. The van der Waals surface area contributed by atoms with Crippen LogP contribution in [0.3, 0.4) is 0 Å². The van der Waals surface area contributed by atoms with Gasteiger partial charge < -0.3 is 9.30 Å². The summed E-state index contributed by atoms with van der Waals surface area (Å²) in [6.07, 6.45) is 6.14. The zero-order chi connectivity index (χ0) is 22.3. The predicted octanol–water partition coefficient (Wildman–Crippen LogP) is 4.82. The van der Waals surface area contributed by atoms with Crippen molar-refractivity contribution in [3.8, 4) is 5.75 Å². The van der Waals surface area contributed by atoms with Crippen LogP contribution in [-0.2, 0) is 17.9 Å². The number of ether oxygens (including phenoxy) is 1. The minimum Gasteiger partial charge on any atom is -0.485 e. The van der Waals surface area contributed by atoms with Crippen LogP contribution in [0.1, 0.15) is 61.3 Å². The maximum Gasteiger partial charge on any atom is 0.236 e. The summed E-state index contributed by atoms with van der Waals surface area (Å²) in [5, 5.41) is 22.2. The number of carbonyl (C=O) groups excluding carboxylic acids is 1. The summed E-state index contributed by atoms with van der Waals surface area (Å²) >= 11 is 2.85. The molecule has 0 unspecified atom stereocenters. The van der Waals surface area contributed by atoms with Gasteiger partial charge in [0.15, 0.2) is 11.0 Å². The number of carbonyl (C=O) groups is 1. The molecule has 0 aliphatic heterocycles. The molecule has 2 aromatic heterocycles. The van der Waals surface area contributed by atoms with Gasteiger partial charge in [0.1, 0.15) is 17.4 Å². The Morgan fingerprint density at radius 2 is 2.00 bits per heavy atom. The van der Waals surface area contributed by atoms with Crippen LogP contribution < -0.4 is 10.1 Å². The van der Waals surface area contributed by atoms with Gasteiger partial charge in [0, 0.05) is 12.5 Å². The van der Waals surface area contributed by atoms with Gasteiger partial charge in [-0.2, -0.15) is 0 Å². The SMILES string of the molecule is CCn1c(COc2ccccc2C)nnc1SCC(=O)Nc1nnc(C2CCCCC2)s1. The van der Waals surface area contributed by atoms with E-state index in [-0.39, 0.29) is 11.7 Å². The lowest BCUT2D eigenvalue weighted by molar-refractivity contribution is -0.113. The Morgan fingerprint density at radius 1 is 1.19 bits per heavy atom. The maximum atomic E-state index is 12.5. The number of hydrogen-bond donors (Lipinski definition) is 1. The van der Waals surface area contributed by atoms with Gasteiger partial charge in [-0.3, -0.25) is 10.1 Å². The van der Waals surface area contributed by atoms with Gasteiger partial charge in [0.25, 0.3) is 0 Å². The molecule has 2 heterocycles. The van der Waals surface area contributed by atoms with Crippen molar-refractivity contribution in [3.63, 3.8) is 0 Å². The molecule has 0 bridgehead atoms. The predicted molar refractivity (Wildman–Crippen MR) is 126 cm³/mol. The molecule has 1 saturated carbocycles. The Balaban J connectivity index is 1.30. The van der Waals surface area contributed by atoms with E-state index in [2.05, 4.69) is 25.7 Å². The number of aromatic nitrogens is 5. The van der Waals surface area contributed by atoms with E-state index >= 15 is 0 Å². The molecule has 1 aliphatic rings. The Kier molecular flexibility index (Phi) is 7.75. The van der Waals surface area contributed by atoms with Gasteiger partial charge in [0.2, 0.25) is 11.0 Å². The van der Waals surface area contributed by atoms with Crippen molar-refractivity contribution in [2.24, 2.45) is 0 Å². The van der Waals surface area contributed by atoms with E-state index in [1.165, 1.54) is 55.2 Å². The van der Waals surface area contributed by atoms with E-state index in [1.54, 1.807) is 0 Å². The summed E-state index contributed by atoms with van der Waals surface area (Å²) in [5.74, 6) is 2.17. The molecule has 0 atom stereocenters. The Morgan fingerprint density at radius 3 is 2.78 bits per heavy atom. The molecule has 0 spiro atoms. The van der Waals surface area contributed by atoms with Crippen molar-refractivity contribution in [2.75, 3.05) is 11.1 Å². The van der Waals surface area contributed by atoms with Crippen LogP contribution in [0.25, 0.3) is 0 Å². The first kappa shape index (κ1) is 22.7. The molecule has 10 heteroatoms. The highest BCUT2D eigenvalue weighted by molar-refractivity contribution is 7.99. The fraction of sp³-hybridized carbons (Fsp3) is 0.500. The third-order valence-electron chi connectivity index (χ3n) is 5.53. The smallest absolute Gasteiger partial charge is 0.236 e. The average Bonchev–Trinajstić information content (AvgIpc) is 3.44. The van der Waals surface area contributed by atoms with E-state index in [9.17, 15) is 4.79 Å². The highest BCUT2D eigenvalue weighted by atomic mass is 32.2. The normalized spacial score (nSPS) is 14.4. The number of nitrogens with one attached hydrogen (secondary N) is 1. The second-order valence-corrected chi connectivity index (χ2v) is 9.77. The molecular weight excluding hydrogens is 444 g/mol. The standard InChI is InChI=1S/C22H28N6O2S2/c1-3-28-18(13-30-17-12-8-7-9-15(17)2)24-27-22(28)31-14-19(29)23-21-26-25-20(32-21)16-10-5-4-6-11-16/h7-9,12,16H,3-6,10-11,13-14H2,1-2H3,(H,23,26,29). The van der Waals surface area contributed by atoms with Gasteiger partial charge in [0.05, 0.1) is 5.75 Å². The molecule has 170 valence electrons. The number of amides is 1. The minimum atomic E-state index is -0.121. The molecule has 3 aromatic rings. The van der Waals surface area contributed by atoms with Crippen molar-refractivity contribution in [3.05, 3.63) is 40.7 Å². The number of para-hydroxylation sites is 1. The third-order valence-corrected chi connectivity index (χ3v) is 7.50. The maximum absolute atomic E-state index is 12.5. The fourth-order valence-corrected chi connectivity index (χ4v) is 5.55. The van der Waals surface area contributed by atoms with Crippen LogP contribution in [0.15, 0.2) is 29.4 Å². The van der Waals surface area contributed by atoms with Gasteiger partial charge in [-0.25, -0.2) is 0 Å². The number of anilines is 1. The Hall–Kier alpha value is -2.46. The number of nitrogens with zero attached hydrogens (tertiary/aromatic N) is 5. The van der Waals surface area contributed by atoms with E-state index in [0.717, 1.165) is 22.1 Å². The van der Waals surface area contributed by atoms with Gasteiger partial charge in [-0.15, -0.1) is 20.4 Å². The van der Waals surface area contributed by atoms with Crippen LogP contribution in [0, 0.1) is 6.92 Å². The van der Waals surface area contributed by atoms with Gasteiger partial charge >= 0.3 is 0 Å². The number of aryl methyl sites for hydroxylation is 1. The van der Waals surface area contributed by atoms with Crippen molar-refractivity contribution in [2.45, 2.75) is 70.2 Å². The van der Waals surface area contributed by atoms with Crippen molar-refractivity contribution < 1.29 is 9.53 Å². The van der Waals surface area contributed by atoms with Crippen LogP contribution >= 0.6 is 23.1 Å². The topological polar surface area (TPSA) is 94.8 Å². The number of benzene rings is 1. The number of rotatable bonds is 9. The molecule has 0 radical (unpaired) electrons. The molecule has 1 amide bonds. The number of hydrogen-bond acceptors (Lipinski definition) is 8. The van der Waals surface area contributed by atoms with Gasteiger partial charge in [-0.05, 0) is 38.3 Å². The average molecular weight is 473 g/mol. The molecule has 1 fully saturated rings. The molecule has 8 nitrogen and oxygen atoms in total. The molecule has 1 aliphatic carbocycles. The zero-order valence-corrected chi connectivity index (χ0v) is 20.0. The summed E-state index contributed by atoms with van der Waals surface area (Å²) < 4.78 is 7.88. The van der Waals surface area contributed by atoms with E-state index in [0.29, 0.717) is 29.4 Å². The largest absolute Gasteiger partial charge is 0.485 e. The van der Waals surface area contributed by atoms with E-state index in [1.807, 2.05) is 42.7 Å². The van der Waals surface area contributed by atoms with E-state index in [4.69, 9.17) is 4.74 Å². The highest BCUT2D eigenvalue weighted by Crippen LogP contribution is 2.35. The molecule has 0 saturated heterocycles. The van der Waals surface area contributed by atoms with Crippen molar-refractivity contribution in [1.82, 2.24) is 25.0 Å². The summed E-state index contributed by atoms with van der Waals surface area (Å²) in [7, 11) is 0. The highest BCUT2D eigenvalue weighted by Gasteiger charge is 2.20. The number of thioether (sulfide) groups is 1. The summed E-state index contributed by atoms with van der Waals surface area (Å²) in [6.45, 7) is 5.06. The molecule has 32 heavy (non-hydrogen) atoms. The molecule has 1 aromatic carbocycles. The Labute approximate surface area is 196 Å². The summed E-state index contributed by atoms with van der Waals surface area (Å²) in [4.78, 5) is 12.5. The monoisotopic (exact) mass is 472 g/mol. The quantitative estimate of drug-likeness (QED) is 0.446. The third kappa shape index (κ3) is 5.66. The van der Waals surface area contributed by atoms with E-state index < -0.39 is 0 Å². The molecular formula is C22H28N6O2S2. The fourth-order valence-electron chi connectivity index (χ4n) is 3.80. The van der Waals surface area contributed by atoms with Crippen LogP contribution in [-0.4, -0.2) is 36.6 Å². The second kappa shape index (κ2) is 10.9. The molecule has 1 N–H and O–H groups in total. The van der Waals surface area contributed by atoms with Crippen LogP contribution in [0.5, 0.6) is 5.75 Å². The van der Waals surface area contributed by atoms with Gasteiger partial charge in [-0.1, -0.05) is 60.6 Å². The van der Waals surface area contributed by atoms with Crippen molar-refractivity contribution >= 4 is 34.1 Å². The second-order valence-electron chi connectivity index (χ2n) is 7.81. The molecule has 4 rings (SSSR count). The first-order valence-electron chi connectivity index (χ1n) is 11.0. The first-order valence-corrected chi connectivity index (χ1v) is 12.8. The van der Waals surface area contributed by atoms with Crippen LogP contribution in [0.2, 0.25) is 0 Å². The lowest BCUT2D eigenvalue weighted by Crippen LogP contribution is -2.14.